The Morgan fingerprint density at radius 1 is 1.36 bits per heavy atom. The Balaban J connectivity index is 2.48. The van der Waals surface area contributed by atoms with Gasteiger partial charge in [0.15, 0.2) is 10.8 Å². The molecular weight excluding hydrogens is 196 g/mol. The molecule has 0 aliphatic rings. The number of hydrogen-bond donors (Lipinski definition) is 1. The molecule has 72 valence electrons. The summed E-state index contributed by atoms with van der Waals surface area (Å²) in [6.07, 6.45) is 1.75. The van der Waals surface area contributed by atoms with Crippen LogP contribution >= 0.6 is 11.3 Å². The highest BCUT2D eigenvalue weighted by atomic mass is 32.1. The maximum atomic E-state index is 4.32. The number of nitrogens with one attached hydrogen (secondary N) is 1. The van der Waals surface area contributed by atoms with Gasteiger partial charge in [0.2, 0.25) is 0 Å². The first-order valence-electron chi connectivity index (χ1n) is 4.23. The third kappa shape index (κ3) is 1.72. The van der Waals surface area contributed by atoms with Crippen LogP contribution in [0.2, 0.25) is 0 Å². The Labute approximate surface area is 86.1 Å². The van der Waals surface area contributed by atoms with Crippen molar-refractivity contribution in [2.45, 2.75) is 6.92 Å². The quantitative estimate of drug-likeness (QED) is 0.816. The van der Waals surface area contributed by atoms with Gasteiger partial charge in [-0.1, -0.05) is 0 Å². The molecule has 0 amide bonds. The zero-order valence-electron chi connectivity index (χ0n) is 7.98. The van der Waals surface area contributed by atoms with Crippen molar-refractivity contribution in [3.05, 3.63) is 23.3 Å². The van der Waals surface area contributed by atoms with Crippen molar-refractivity contribution >= 4 is 17.2 Å². The van der Waals surface area contributed by atoms with Crippen LogP contribution in [-0.2, 0) is 0 Å². The summed E-state index contributed by atoms with van der Waals surface area (Å²) in [4.78, 5) is 12.8. The van der Waals surface area contributed by atoms with Crippen molar-refractivity contribution in [2.75, 3.05) is 12.4 Å². The Bertz CT molecular complexity index is 424. The first-order chi connectivity index (χ1) is 6.79. The number of anilines is 1. The molecule has 0 spiro atoms. The van der Waals surface area contributed by atoms with Crippen molar-refractivity contribution in [2.24, 2.45) is 0 Å². The smallest absolute Gasteiger partial charge is 0.190 e. The summed E-state index contributed by atoms with van der Waals surface area (Å²) in [5.41, 5.74) is 0.939. The van der Waals surface area contributed by atoms with Gasteiger partial charge < -0.3 is 5.32 Å². The lowest BCUT2D eigenvalue weighted by Crippen LogP contribution is -1.98. The molecule has 0 aliphatic carbocycles. The van der Waals surface area contributed by atoms with E-state index >= 15 is 0 Å². The lowest BCUT2D eigenvalue weighted by molar-refractivity contribution is 1.10. The molecule has 0 aromatic carbocycles. The van der Waals surface area contributed by atoms with Gasteiger partial charge in [0.05, 0.1) is 0 Å². The summed E-state index contributed by atoms with van der Waals surface area (Å²) in [7, 11) is 1.84. The third-order valence-electron chi connectivity index (χ3n) is 1.73. The molecule has 0 saturated carbocycles. The molecule has 5 heteroatoms. The maximum Gasteiger partial charge on any atom is 0.190 e. The van der Waals surface area contributed by atoms with Crippen molar-refractivity contribution in [3.63, 3.8) is 0 Å². The van der Waals surface area contributed by atoms with Crippen LogP contribution < -0.4 is 5.32 Å². The van der Waals surface area contributed by atoms with Crippen LogP contribution in [0.5, 0.6) is 0 Å². The molecule has 0 fully saturated rings. The van der Waals surface area contributed by atoms with E-state index < -0.39 is 0 Å². The van der Waals surface area contributed by atoms with E-state index in [2.05, 4.69) is 20.3 Å². The molecule has 0 bridgehead atoms. The van der Waals surface area contributed by atoms with Gasteiger partial charge in [0, 0.05) is 30.4 Å². The van der Waals surface area contributed by atoms with Gasteiger partial charge in [-0.2, -0.15) is 0 Å². The predicted octanol–water partition coefficient (Wildman–Crippen LogP) is 1.95. The molecule has 14 heavy (non-hydrogen) atoms. The molecule has 0 atom stereocenters. The van der Waals surface area contributed by atoms with Gasteiger partial charge in [0.25, 0.3) is 0 Å². The SMILES string of the molecule is CNc1cc(C)nc(-c2nccs2)n1. The first-order valence-corrected chi connectivity index (χ1v) is 5.11. The van der Waals surface area contributed by atoms with Crippen LogP contribution in [-0.4, -0.2) is 22.0 Å². The van der Waals surface area contributed by atoms with Crippen molar-refractivity contribution < 1.29 is 0 Å². The van der Waals surface area contributed by atoms with Crippen molar-refractivity contribution in [1.29, 1.82) is 0 Å². The van der Waals surface area contributed by atoms with Gasteiger partial charge >= 0.3 is 0 Å². The fraction of sp³-hybridized carbons (Fsp3) is 0.222. The Morgan fingerprint density at radius 3 is 2.86 bits per heavy atom. The molecule has 0 unspecified atom stereocenters. The third-order valence-corrected chi connectivity index (χ3v) is 2.50. The van der Waals surface area contributed by atoms with E-state index in [0.29, 0.717) is 5.82 Å². The lowest BCUT2D eigenvalue weighted by atomic mass is 10.4. The summed E-state index contributed by atoms with van der Waals surface area (Å²) >= 11 is 1.54. The van der Waals surface area contributed by atoms with Crippen LogP contribution in [0.25, 0.3) is 10.8 Å². The highest BCUT2D eigenvalue weighted by molar-refractivity contribution is 7.12. The molecule has 0 radical (unpaired) electrons. The zero-order chi connectivity index (χ0) is 9.97. The van der Waals surface area contributed by atoms with Crippen LogP contribution in [0.1, 0.15) is 5.69 Å². The largest absolute Gasteiger partial charge is 0.373 e. The summed E-state index contributed by atoms with van der Waals surface area (Å²) in [6, 6.07) is 1.90. The number of nitrogens with zero attached hydrogens (tertiary/aromatic N) is 3. The fourth-order valence-corrected chi connectivity index (χ4v) is 1.70. The second kappa shape index (κ2) is 3.71. The van der Waals surface area contributed by atoms with Crippen molar-refractivity contribution in [3.8, 4) is 10.8 Å². The lowest BCUT2D eigenvalue weighted by Gasteiger charge is -2.02. The highest BCUT2D eigenvalue weighted by Crippen LogP contribution is 2.19. The van der Waals surface area contributed by atoms with Gasteiger partial charge in [-0.3, -0.25) is 0 Å². The Kier molecular flexibility index (Phi) is 2.41. The fourth-order valence-electron chi connectivity index (χ4n) is 1.13. The summed E-state index contributed by atoms with van der Waals surface area (Å²) in [5.74, 6) is 1.51. The zero-order valence-corrected chi connectivity index (χ0v) is 8.80. The number of rotatable bonds is 2. The predicted molar refractivity (Wildman–Crippen MR) is 57.4 cm³/mol. The Hall–Kier alpha value is -1.49. The molecule has 2 rings (SSSR count). The molecule has 2 aromatic heterocycles. The normalized spacial score (nSPS) is 10.1. The number of thiazole rings is 1. The molecule has 2 aromatic rings. The highest BCUT2D eigenvalue weighted by Gasteiger charge is 2.05. The molecule has 2 heterocycles. The number of aryl methyl sites for hydroxylation is 1. The van der Waals surface area contributed by atoms with E-state index in [1.807, 2.05) is 25.4 Å². The topological polar surface area (TPSA) is 50.7 Å². The minimum absolute atomic E-state index is 0.685. The average Bonchev–Trinajstić information content (AvgIpc) is 2.69. The van der Waals surface area contributed by atoms with E-state index in [4.69, 9.17) is 0 Å². The summed E-state index contributed by atoms with van der Waals surface area (Å²) < 4.78 is 0. The number of hydrogen-bond acceptors (Lipinski definition) is 5. The summed E-state index contributed by atoms with van der Waals surface area (Å²) in [6.45, 7) is 1.94. The molecule has 4 nitrogen and oxygen atoms in total. The standard InChI is InChI=1S/C9H10N4S/c1-6-5-7(10-2)13-8(12-6)9-11-3-4-14-9/h3-5H,1-2H3,(H,10,12,13). The van der Waals surface area contributed by atoms with Gasteiger partial charge in [-0.05, 0) is 6.92 Å². The monoisotopic (exact) mass is 206 g/mol. The van der Waals surface area contributed by atoms with E-state index in [-0.39, 0.29) is 0 Å². The van der Waals surface area contributed by atoms with E-state index in [0.717, 1.165) is 16.5 Å². The van der Waals surface area contributed by atoms with Gasteiger partial charge in [-0.15, -0.1) is 11.3 Å². The molecule has 0 aliphatic heterocycles. The van der Waals surface area contributed by atoms with E-state index in [1.165, 1.54) is 0 Å². The number of aromatic nitrogens is 3. The second-order valence-corrected chi connectivity index (χ2v) is 3.70. The second-order valence-electron chi connectivity index (χ2n) is 2.81. The molecular formula is C9H10N4S. The van der Waals surface area contributed by atoms with Crippen LogP contribution in [0.3, 0.4) is 0 Å². The summed E-state index contributed by atoms with van der Waals surface area (Å²) in [5, 5.41) is 5.76. The van der Waals surface area contributed by atoms with Gasteiger partial charge in [0.1, 0.15) is 5.82 Å². The van der Waals surface area contributed by atoms with Crippen LogP contribution in [0.15, 0.2) is 17.6 Å². The van der Waals surface area contributed by atoms with E-state index in [1.54, 1.807) is 17.5 Å². The average molecular weight is 206 g/mol. The minimum Gasteiger partial charge on any atom is -0.373 e. The van der Waals surface area contributed by atoms with Crippen LogP contribution in [0.4, 0.5) is 5.82 Å². The van der Waals surface area contributed by atoms with Crippen LogP contribution in [0, 0.1) is 6.92 Å². The molecule has 0 saturated heterocycles. The first kappa shape index (κ1) is 9.08. The van der Waals surface area contributed by atoms with E-state index in [9.17, 15) is 0 Å². The maximum absolute atomic E-state index is 4.32. The molecule has 1 N–H and O–H groups in total. The Morgan fingerprint density at radius 2 is 2.21 bits per heavy atom. The van der Waals surface area contributed by atoms with Crippen molar-refractivity contribution in [1.82, 2.24) is 15.0 Å². The minimum atomic E-state index is 0.685. The van der Waals surface area contributed by atoms with Gasteiger partial charge in [-0.25, -0.2) is 15.0 Å².